The molecule has 0 saturated heterocycles. The lowest BCUT2D eigenvalue weighted by atomic mass is 10.1. The van der Waals surface area contributed by atoms with Crippen LogP contribution in [0.15, 0.2) is 23.1 Å². The fraction of sp³-hybridized carbons (Fsp3) is 0.526. The van der Waals surface area contributed by atoms with Crippen molar-refractivity contribution in [3.63, 3.8) is 0 Å². The van der Waals surface area contributed by atoms with Crippen LogP contribution in [0, 0.1) is 5.92 Å². The third kappa shape index (κ3) is 4.19. The van der Waals surface area contributed by atoms with Crippen molar-refractivity contribution in [1.82, 2.24) is 9.21 Å². The molecule has 1 aliphatic rings. The quantitative estimate of drug-likeness (QED) is 0.637. The Labute approximate surface area is 165 Å². The number of nitrogens with zero attached hydrogens (tertiary/aromatic N) is 2. The SMILES string of the molecule is COC(=O)CCN(CC(C)C)C(=O)c1ccc2c(c1)S(=O)(=O)N(C(C)C)C2=O. The molecule has 2 rings (SSSR count). The molecule has 0 fully saturated rings. The fourth-order valence-electron chi connectivity index (χ4n) is 3.12. The van der Waals surface area contributed by atoms with Gasteiger partial charge in [-0.1, -0.05) is 13.8 Å². The summed E-state index contributed by atoms with van der Waals surface area (Å²) in [5.74, 6) is -1.27. The monoisotopic (exact) mass is 410 g/mol. The number of hydrogen-bond acceptors (Lipinski definition) is 6. The lowest BCUT2D eigenvalue weighted by Gasteiger charge is -2.24. The van der Waals surface area contributed by atoms with Gasteiger partial charge in [-0.3, -0.25) is 14.4 Å². The van der Waals surface area contributed by atoms with E-state index in [0.29, 0.717) is 6.54 Å². The van der Waals surface area contributed by atoms with E-state index in [4.69, 9.17) is 0 Å². The summed E-state index contributed by atoms with van der Waals surface area (Å²) in [5.41, 5.74) is 0.224. The zero-order chi connectivity index (χ0) is 21.2. The van der Waals surface area contributed by atoms with Crippen molar-refractivity contribution >= 4 is 27.8 Å². The molecular weight excluding hydrogens is 384 g/mol. The number of methoxy groups -OCH3 is 1. The van der Waals surface area contributed by atoms with Gasteiger partial charge in [0.25, 0.3) is 21.8 Å². The van der Waals surface area contributed by atoms with E-state index in [9.17, 15) is 22.8 Å². The van der Waals surface area contributed by atoms with E-state index in [0.717, 1.165) is 4.31 Å². The Morgan fingerprint density at radius 2 is 1.82 bits per heavy atom. The van der Waals surface area contributed by atoms with Crippen molar-refractivity contribution in [2.45, 2.75) is 45.1 Å². The van der Waals surface area contributed by atoms with Gasteiger partial charge in [-0.25, -0.2) is 12.7 Å². The highest BCUT2D eigenvalue weighted by Crippen LogP contribution is 2.32. The van der Waals surface area contributed by atoms with Gasteiger partial charge in [0.1, 0.15) is 4.90 Å². The first-order chi connectivity index (χ1) is 13.0. The molecule has 1 aromatic rings. The van der Waals surface area contributed by atoms with Crippen molar-refractivity contribution in [1.29, 1.82) is 0 Å². The molecule has 9 heteroatoms. The Morgan fingerprint density at radius 1 is 1.18 bits per heavy atom. The molecule has 1 aromatic carbocycles. The molecule has 28 heavy (non-hydrogen) atoms. The average molecular weight is 410 g/mol. The van der Waals surface area contributed by atoms with Crippen LogP contribution in [0.2, 0.25) is 0 Å². The van der Waals surface area contributed by atoms with Crippen LogP contribution in [0.5, 0.6) is 0 Å². The van der Waals surface area contributed by atoms with E-state index in [1.165, 1.54) is 30.2 Å². The molecule has 0 aromatic heterocycles. The maximum Gasteiger partial charge on any atom is 0.307 e. The third-order valence-corrected chi connectivity index (χ3v) is 6.35. The summed E-state index contributed by atoms with van der Waals surface area (Å²) in [4.78, 5) is 38.2. The first-order valence-corrected chi connectivity index (χ1v) is 10.5. The normalized spacial score (nSPS) is 15.1. The average Bonchev–Trinajstić information content (AvgIpc) is 2.82. The number of sulfonamides is 1. The first-order valence-electron chi connectivity index (χ1n) is 9.09. The van der Waals surface area contributed by atoms with Gasteiger partial charge >= 0.3 is 5.97 Å². The van der Waals surface area contributed by atoms with E-state index >= 15 is 0 Å². The highest BCUT2D eigenvalue weighted by Gasteiger charge is 2.43. The molecule has 0 atom stereocenters. The molecule has 154 valence electrons. The maximum absolute atomic E-state index is 13.0. The maximum atomic E-state index is 13.0. The zero-order valence-corrected chi connectivity index (χ0v) is 17.6. The van der Waals surface area contributed by atoms with Crippen molar-refractivity contribution in [3.8, 4) is 0 Å². The van der Waals surface area contributed by atoms with Gasteiger partial charge in [0.05, 0.1) is 19.1 Å². The van der Waals surface area contributed by atoms with Gasteiger partial charge in [0, 0.05) is 24.7 Å². The van der Waals surface area contributed by atoms with Crippen LogP contribution in [-0.4, -0.2) is 61.6 Å². The molecule has 0 radical (unpaired) electrons. The number of hydrogen-bond donors (Lipinski definition) is 0. The predicted molar refractivity (Wildman–Crippen MR) is 102 cm³/mol. The molecule has 0 unspecified atom stereocenters. The van der Waals surface area contributed by atoms with E-state index in [2.05, 4.69) is 4.74 Å². The summed E-state index contributed by atoms with van der Waals surface area (Å²) < 4.78 is 30.9. The second-order valence-electron chi connectivity index (χ2n) is 7.38. The van der Waals surface area contributed by atoms with Gasteiger partial charge in [-0.15, -0.1) is 0 Å². The number of carbonyl (C=O) groups is 3. The Hall–Kier alpha value is -2.42. The number of fused-ring (bicyclic) bond motifs is 1. The minimum atomic E-state index is -3.99. The first kappa shape index (κ1) is 21.9. The van der Waals surface area contributed by atoms with Crippen LogP contribution in [0.1, 0.15) is 54.8 Å². The van der Waals surface area contributed by atoms with Gasteiger partial charge in [0.15, 0.2) is 0 Å². The lowest BCUT2D eigenvalue weighted by Crippen LogP contribution is -2.36. The molecular formula is C19H26N2O6S. The Kier molecular flexibility index (Phi) is 6.48. The number of esters is 1. The molecule has 2 amide bonds. The van der Waals surface area contributed by atoms with Crippen molar-refractivity contribution in [2.75, 3.05) is 20.2 Å². The van der Waals surface area contributed by atoms with Crippen LogP contribution in [0.3, 0.4) is 0 Å². The van der Waals surface area contributed by atoms with E-state index < -0.39 is 33.8 Å². The highest BCUT2D eigenvalue weighted by atomic mass is 32.2. The van der Waals surface area contributed by atoms with Gasteiger partial charge in [0.2, 0.25) is 0 Å². The molecule has 8 nitrogen and oxygen atoms in total. The Balaban J connectivity index is 2.38. The Bertz CT molecular complexity index is 892. The van der Waals surface area contributed by atoms with Crippen molar-refractivity contribution in [2.24, 2.45) is 5.92 Å². The number of benzene rings is 1. The topological polar surface area (TPSA) is 101 Å². The second kappa shape index (κ2) is 8.30. The van der Waals surface area contributed by atoms with Gasteiger partial charge in [-0.2, -0.15) is 0 Å². The molecule has 0 N–H and O–H groups in total. The minimum Gasteiger partial charge on any atom is -0.469 e. The van der Waals surface area contributed by atoms with Crippen LogP contribution in [0.4, 0.5) is 0 Å². The predicted octanol–water partition coefficient (Wildman–Crippen LogP) is 1.90. The molecule has 1 heterocycles. The summed E-state index contributed by atoms with van der Waals surface area (Å²) in [6.45, 7) is 7.66. The number of rotatable bonds is 7. The number of amides is 2. The Morgan fingerprint density at radius 3 is 2.36 bits per heavy atom. The summed E-state index contributed by atoms with van der Waals surface area (Å²) in [7, 11) is -2.71. The fourth-order valence-corrected chi connectivity index (χ4v) is 4.91. The van der Waals surface area contributed by atoms with Gasteiger partial charge in [-0.05, 0) is 38.0 Å². The molecule has 0 saturated carbocycles. The smallest absolute Gasteiger partial charge is 0.307 e. The largest absolute Gasteiger partial charge is 0.469 e. The van der Waals surface area contributed by atoms with Crippen LogP contribution >= 0.6 is 0 Å². The van der Waals surface area contributed by atoms with Crippen LogP contribution < -0.4 is 0 Å². The highest BCUT2D eigenvalue weighted by molar-refractivity contribution is 7.90. The summed E-state index contributed by atoms with van der Waals surface area (Å²) in [6.07, 6.45) is 0.0395. The van der Waals surface area contributed by atoms with Crippen LogP contribution in [0.25, 0.3) is 0 Å². The molecule has 1 aliphatic heterocycles. The number of ether oxygens (including phenoxy) is 1. The van der Waals surface area contributed by atoms with Gasteiger partial charge < -0.3 is 9.64 Å². The third-order valence-electron chi connectivity index (χ3n) is 4.35. The molecule has 0 spiro atoms. The molecule has 0 bridgehead atoms. The summed E-state index contributed by atoms with van der Waals surface area (Å²) in [6, 6.07) is 3.54. The van der Waals surface area contributed by atoms with E-state index in [1.54, 1.807) is 13.8 Å². The van der Waals surface area contributed by atoms with Crippen molar-refractivity contribution < 1.29 is 27.5 Å². The minimum absolute atomic E-state index is 0.0395. The number of carbonyl (C=O) groups excluding carboxylic acids is 3. The molecule has 0 aliphatic carbocycles. The van der Waals surface area contributed by atoms with E-state index in [1.807, 2.05) is 13.8 Å². The lowest BCUT2D eigenvalue weighted by molar-refractivity contribution is -0.140. The van der Waals surface area contributed by atoms with E-state index in [-0.39, 0.29) is 34.9 Å². The second-order valence-corrected chi connectivity index (χ2v) is 9.17. The standard InChI is InChI=1S/C19H26N2O6S/c1-12(2)11-20(9-8-17(22)27-5)18(23)14-6-7-15-16(10-14)28(25,26)21(13(3)4)19(15)24/h6-7,10,12-13H,8-9,11H2,1-5H3. The zero-order valence-electron chi connectivity index (χ0n) is 16.8. The van der Waals surface area contributed by atoms with Crippen molar-refractivity contribution in [3.05, 3.63) is 29.3 Å². The summed E-state index contributed by atoms with van der Waals surface area (Å²) >= 11 is 0. The summed E-state index contributed by atoms with van der Waals surface area (Å²) in [5, 5.41) is 0. The van der Waals surface area contributed by atoms with Crippen LogP contribution in [-0.2, 0) is 19.6 Å².